The van der Waals surface area contributed by atoms with Crippen LogP contribution in [0.15, 0.2) is 18.2 Å². The van der Waals surface area contributed by atoms with Crippen molar-refractivity contribution in [1.29, 1.82) is 0 Å². The second-order valence-corrected chi connectivity index (χ2v) is 4.90. The largest absolute Gasteiger partial charge is 0.405 e. The Labute approximate surface area is 116 Å². The molecule has 0 aliphatic rings. The molecule has 0 fully saturated rings. The number of nitrogens with one attached hydrogen (secondary N) is 1. The van der Waals surface area contributed by atoms with Gasteiger partial charge in [-0.15, -0.1) is 0 Å². The zero-order chi connectivity index (χ0) is 15.3. The average molecular weight is 292 g/mol. The summed E-state index contributed by atoms with van der Waals surface area (Å²) in [5, 5.41) is 3.04. The number of rotatable bonds is 6. The second-order valence-electron chi connectivity index (χ2n) is 4.90. The van der Waals surface area contributed by atoms with E-state index < -0.39 is 18.5 Å². The van der Waals surface area contributed by atoms with E-state index in [1.807, 2.05) is 13.8 Å². The summed E-state index contributed by atoms with van der Waals surface area (Å²) in [6.45, 7) is 4.70. The summed E-state index contributed by atoms with van der Waals surface area (Å²) in [6.07, 6.45) is -4.31. The van der Waals surface area contributed by atoms with Crippen LogP contribution in [0, 0.1) is 5.82 Å². The van der Waals surface area contributed by atoms with Gasteiger partial charge in [-0.1, -0.05) is 19.9 Å². The molecular weight excluding hydrogens is 272 g/mol. The molecule has 0 aliphatic carbocycles. The van der Waals surface area contributed by atoms with Gasteiger partial charge in [-0.3, -0.25) is 0 Å². The zero-order valence-corrected chi connectivity index (χ0v) is 11.9. The van der Waals surface area contributed by atoms with E-state index >= 15 is 0 Å². The third kappa shape index (κ3) is 5.00. The van der Waals surface area contributed by atoms with Crippen molar-refractivity contribution >= 4 is 5.69 Å². The summed E-state index contributed by atoms with van der Waals surface area (Å²) >= 11 is 0. The third-order valence-electron chi connectivity index (χ3n) is 2.87. The summed E-state index contributed by atoms with van der Waals surface area (Å²) in [7, 11) is 0. The predicted octanol–water partition coefficient (Wildman–Crippen LogP) is 3.71. The van der Waals surface area contributed by atoms with Gasteiger partial charge in [0.2, 0.25) is 0 Å². The van der Waals surface area contributed by atoms with E-state index in [2.05, 4.69) is 5.32 Å². The predicted molar refractivity (Wildman–Crippen MR) is 72.3 cm³/mol. The highest BCUT2D eigenvalue weighted by atomic mass is 19.4. The van der Waals surface area contributed by atoms with Gasteiger partial charge < -0.3 is 10.2 Å². The minimum absolute atomic E-state index is 0.125. The molecular formula is C14H20F4N2. The smallest absolute Gasteiger partial charge is 0.363 e. The molecule has 0 unspecified atom stereocenters. The van der Waals surface area contributed by atoms with Gasteiger partial charge in [0.25, 0.3) is 0 Å². The van der Waals surface area contributed by atoms with Crippen LogP contribution in [-0.4, -0.2) is 25.3 Å². The Morgan fingerprint density at radius 1 is 1.25 bits per heavy atom. The molecule has 6 heteroatoms. The molecule has 0 aliphatic heterocycles. The van der Waals surface area contributed by atoms with Crippen molar-refractivity contribution in [2.24, 2.45) is 0 Å². The molecule has 114 valence electrons. The van der Waals surface area contributed by atoms with E-state index in [1.54, 1.807) is 6.92 Å². The maximum Gasteiger partial charge on any atom is 0.405 e. The van der Waals surface area contributed by atoms with Crippen LogP contribution in [0.2, 0.25) is 0 Å². The van der Waals surface area contributed by atoms with Crippen LogP contribution in [0.25, 0.3) is 0 Å². The molecule has 1 rings (SSSR count). The molecule has 1 aromatic carbocycles. The summed E-state index contributed by atoms with van der Waals surface area (Å²) < 4.78 is 51.6. The number of hydrogen-bond acceptors (Lipinski definition) is 2. The summed E-state index contributed by atoms with van der Waals surface area (Å²) in [5.74, 6) is -0.490. The van der Waals surface area contributed by atoms with Gasteiger partial charge in [-0.2, -0.15) is 13.2 Å². The van der Waals surface area contributed by atoms with Gasteiger partial charge in [0, 0.05) is 30.4 Å². The van der Waals surface area contributed by atoms with E-state index in [4.69, 9.17) is 0 Å². The molecule has 0 saturated heterocycles. The van der Waals surface area contributed by atoms with Gasteiger partial charge in [0.05, 0.1) is 0 Å². The maximum atomic E-state index is 13.9. The first-order chi connectivity index (χ1) is 9.24. The first-order valence-corrected chi connectivity index (χ1v) is 6.57. The lowest BCUT2D eigenvalue weighted by Gasteiger charge is -2.27. The van der Waals surface area contributed by atoms with Gasteiger partial charge in [0.1, 0.15) is 12.4 Å². The fourth-order valence-corrected chi connectivity index (χ4v) is 1.91. The number of halogens is 4. The van der Waals surface area contributed by atoms with Crippen LogP contribution < -0.4 is 10.2 Å². The van der Waals surface area contributed by atoms with Crippen LogP contribution in [-0.2, 0) is 6.54 Å². The number of hydrogen-bond donors (Lipinski definition) is 1. The maximum absolute atomic E-state index is 13.9. The van der Waals surface area contributed by atoms with Crippen molar-refractivity contribution in [2.45, 2.75) is 39.5 Å². The third-order valence-corrected chi connectivity index (χ3v) is 2.87. The van der Waals surface area contributed by atoms with E-state index in [0.717, 1.165) is 4.90 Å². The monoisotopic (exact) mass is 292 g/mol. The van der Waals surface area contributed by atoms with Crippen molar-refractivity contribution < 1.29 is 17.6 Å². The summed E-state index contributed by atoms with van der Waals surface area (Å²) in [4.78, 5) is 1.14. The standard InChI is InChI=1S/C14H20F4N2/c1-4-20(9-14(16,17)18)13-7-5-6-12(15)11(13)8-19-10(2)3/h5-7,10,19H,4,8-9H2,1-3H3. The number of nitrogens with zero attached hydrogens (tertiary/aromatic N) is 1. The minimum atomic E-state index is -4.31. The van der Waals surface area contributed by atoms with Crippen LogP contribution in [0.1, 0.15) is 26.3 Å². The Kier molecular flexibility index (Phi) is 5.80. The Bertz CT molecular complexity index is 430. The topological polar surface area (TPSA) is 15.3 Å². The van der Waals surface area contributed by atoms with Crippen molar-refractivity contribution in [2.75, 3.05) is 18.0 Å². The Balaban J connectivity index is 3.05. The van der Waals surface area contributed by atoms with Crippen LogP contribution >= 0.6 is 0 Å². The molecule has 2 nitrogen and oxygen atoms in total. The lowest BCUT2D eigenvalue weighted by molar-refractivity contribution is -0.119. The fourth-order valence-electron chi connectivity index (χ4n) is 1.91. The lowest BCUT2D eigenvalue weighted by atomic mass is 10.1. The Morgan fingerprint density at radius 2 is 1.90 bits per heavy atom. The highest BCUT2D eigenvalue weighted by Gasteiger charge is 2.31. The Hall–Kier alpha value is -1.30. The van der Waals surface area contributed by atoms with Gasteiger partial charge in [0.15, 0.2) is 0 Å². The van der Waals surface area contributed by atoms with Crippen LogP contribution in [0.4, 0.5) is 23.2 Å². The minimum Gasteiger partial charge on any atom is -0.363 e. The van der Waals surface area contributed by atoms with E-state index in [-0.39, 0.29) is 30.4 Å². The lowest BCUT2D eigenvalue weighted by Crippen LogP contribution is -2.35. The molecule has 0 heterocycles. The molecule has 0 amide bonds. The normalized spacial score (nSPS) is 12.0. The van der Waals surface area contributed by atoms with E-state index in [9.17, 15) is 17.6 Å². The quantitative estimate of drug-likeness (QED) is 0.804. The first-order valence-electron chi connectivity index (χ1n) is 6.57. The molecule has 1 aromatic rings. The number of anilines is 1. The van der Waals surface area contributed by atoms with Crippen LogP contribution in [0.3, 0.4) is 0 Å². The van der Waals surface area contributed by atoms with Gasteiger partial charge in [-0.25, -0.2) is 4.39 Å². The molecule has 0 atom stereocenters. The molecule has 20 heavy (non-hydrogen) atoms. The van der Waals surface area contributed by atoms with Gasteiger partial charge in [-0.05, 0) is 19.1 Å². The molecule has 0 saturated carbocycles. The SMILES string of the molecule is CCN(CC(F)(F)F)c1cccc(F)c1CNC(C)C. The molecule has 0 bridgehead atoms. The molecule has 1 N–H and O–H groups in total. The zero-order valence-electron chi connectivity index (χ0n) is 11.9. The fraction of sp³-hybridized carbons (Fsp3) is 0.571. The second kappa shape index (κ2) is 6.92. The van der Waals surface area contributed by atoms with E-state index in [0.29, 0.717) is 0 Å². The highest BCUT2D eigenvalue weighted by Crippen LogP contribution is 2.27. The van der Waals surface area contributed by atoms with Crippen molar-refractivity contribution in [1.82, 2.24) is 5.32 Å². The van der Waals surface area contributed by atoms with Crippen molar-refractivity contribution in [3.63, 3.8) is 0 Å². The van der Waals surface area contributed by atoms with E-state index in [1.165, 1.54) is 18.2 Å². The van der Waals surface area contributed by atoms with Crippen LogP contribution in [0.5, 0.6) is 0 Å². The first kappa shape index (κ1) is 16.8. The molecule has 0 aromatic heterocycles. The van der Waals surface area contributed by atoms with Crippen molar-refractivity contribution in [3.8, 4) is 0 Å². The molecule has 0 radical (unpaired) electrons. The average Bonchev–Trinajstić information content (AvgIpc) is 2.33. The van der Waals surface area contributed by atoms with Crippen molar-refractivity contribution in [3.05, 3.63) is 29.6 Å². The Morgan fingerprint density at radius 3 is 2.40 bits per heavy atom. The van der Waals surface area contributed by atoms with Gasteiger partial charge >= 0.3 is 6.18 Å². The number of benzene rings is 1. The summed E-state index contributed by atoms with van der Waals surface area (Å²) in [6, 6.07) is 4.35. The summed E-state index contributed by atoms with van der Waals surface area (Å²) in [5.41, 5.74) is 0.560. The number of alkyl halides is 3. The highest BCUT2D eigenvalue weighted by molar-refractivity contribution is 5.54. The molecule has 0 spiro atoms.